The molecule has 0 bridgehead atoms. The summed E-state index contributed by atoms with van der Waals surface area (Å²) >= 11 is 0. The minimum absolute atomic E-state index is 0.0936. The van der Waals surface area contributed by atoms with Crippen molar-refractivity contribution in [2.24, 2.45) is 0 Å². The summed E-state index contributed by atoms with van der Waals surface area (Å²) in [6, 6.07) is 8.01. The number of aromatic nitrogens is 3. The van der Waals surface area contributed by atoms with Crippen molar-refractivity contribution in [1.82, 2.24) is 15.0 Å². The highest BCUT2D eigenvalue weighted by molar-refractivity contribution is 5.76. The summed E-state index contributed by atoms with van der Waals surface area (Å²) in [7, 11) is 0. The normalized spacial score (nSPS) is 17.0. The highest BCUT2D eigenvalue weighted by atomic mass is 16.3. The van der Waals surface area contributed by atoms with E-state index in [1.165, 1.54) is 24.3 Å². The van der Waals surface area contributed by atoms with E-state index in [0.717, 1.165) is 12.1 Å². The molecule has 170 valence electrons. The molecule has 1 aliphatic rings. The molecule has 8 nitrogen and oxygen atoms in total. The van der Waals surface area contributed by atoms with Gasteiger partial charge in [-0.2, -0.15) is 0 Å². The van der Waals surface area contributed by atoms with Gasteiger partial charge >= 0.3 is 0 Å². The fourth-order valence-electron chi connectivity index (χ4n) is 3.12. The summed E-state index contributed by atoms with van der Waals surface area (Å²) < 4.78 is 0. The molecule has 0 amide bonds. The summed E-state index contributed by atoms with van der Waals surface area (Å²) in [5, 5.41) is 50.3. The molecular formula is C25H25N3O5. The Kier molecular flexibility index (Phi) is 6.79. The first-order chi connectivity index (χ1) is 15.7. The van der Waals surface area contributed by atoms with E-state index in [4.69, 9.17) is 0 Å². The summed E-state index contributed by atoms with van der Waals surface area (Å²) in [6.07, 6.45) is 8.32. The van der Waals surface area contributed by atoms with Gasteiger partial charge in [-0.3, -0.25) is 0 Å². The first-order valence-electron chi connectivity index (χ1n) is 10.3. The minimum atomic E-state index is -1.24. The maximum Gasteiger partial charge on any atom is 0.167 e. The Hall–Kier alpha value is -4.17. The molecule has 0 radical (unpaired) electrons. The van der Waals surface area contributed by atoms with Crippen LogP contribution in [0.1, 0.15) is 26.6 Å². The Morgan fingerprint density at radius 3 is 1.67 bits per heavy atom. The predicted molar refractivity (Wildman–Crippen MR) is 126 cm³/mol. The zero-order chi connectivity index (χ0) is 24.2. The standard InChI is InChI=1S/C23H19N3O5.C2H6/c1-23(31)9-3-2-4-13(12-23)20-24-21(16-7-5-14(27)10-18(16)29)26-22(25-20)17-8-6-15(28)11-19(17)30;1-2/h2-12,27-31H,1H3;1-2H3. The molecule has 3 aromatic rings. The van der Waals surface area contributed by atoms with Gasteiger partial charge in [0.15, 0.2) is 17.5 Å². The number of aliphatic hydroxyl groups is 1. The zero-order valence-corrected chi connectivity index (χ0v) is 18.4. The van der Waals surface area contributed by atoms with E-state index < -0.39 is 5.60 Å². The van der Waals surface area contributed by atoms with Crippen molar-refractivity contribution in [3.63, 3.8) is 0 Å². The number of allylic oxidation sites excluding steroid dienone is 4. The SMILES string of the molecule is CC.CC1(O)C=CC=CC(c2nc(-c3ccc(O)cc3O)nc(-c3ccc(O)cc3O)n2)=C1. The van der Waals surface area contributed by atoms with Gasteiger partial charge in [-0.05, 0) is 43.3 Å². The maximum absolute atomic E-state index is 10.5. The summed E-state index contributed by atoms with van der Waals surface area (Å²) in [4.78, 5) is 13.3. The van der Waals surface area contributed by atoms with Gasteiger partial charge in [0.1, 0.15) is 23.0 Å². The Labute approximate surface area is 191 Å². The Morgan fingerprint density at radius 1 is 0.697 bits per heavy atom. The van der Waals surface area contributed by atoms with E-state index in [-0.39, 0.29) is 51.6 Å². The highest BCUT2D eigenvalue weighted by Gasteiger charge is 2.20. The molecule has 0 saturated carbocycles. The number of phenols is 4. The van der Waals surface area contributed by atoms with Crippen LogP contribution in [0.2, 0.25) is 0 Å². The molecule has 8 heteroatoms. The first-order valence-corrected chi connectivity index (χ1v) is 10.3. The van der Waals surface area contributed by atoms with Gasteiger partial charge < -0.3 is 25.5 Å². The number of hydrogen-bond acceptors (Lipinski definition) is 8. The van der Waals surface area contributed by atoms with Crippen LogP contribution in [0.15, 0.2) is 66.8 Å². The van der Waals surface area contributed by atoms with Gasteiger partial charge in [0.25, 0.3) is 0 Å². The van der Waals surface area contributed by atoms with E-state index in [1.54, 1.807) is 37.3 Å². The lowest BCUT2D eigenvalue weighted by atomic mass is 10.0. The van der Waals surface area contributed by atoms with Crippen LogP contribution < -0.4 is 0 Å². The number of hydrogen-bond donors (Lipinski definition) is 5. The quantitative estimate of drug-likeness (QED) is 0.400. The number of nitrogens with zero attached hydrogens (tertiary/aromatic N) is 3. The van der Waals surface area contributed by atoms with E-state index in [1.807, 2.05) is 13.8 Å². The van der Waals surface area contributed by atoms with Gasteiger partial charge in [0.05, 0.1) is 16.7 Å². The van der Waals surface area contributed by atoms with Gasteiger partial charge in [-0.15, -0.1) is 0 Å². The second-order valence-corrected chi connectivity index (χ2v) is 7.25. The van der Waals surface area contributed by atoms with Crippen LogP contribution in [0, 0.1) is 0 Å². The van der Waals surface area contributed by atoms with E-state index >= 15 is 0 Å². The zero-order valence-electron chi connectivity index (χ0n) is 18.4. The molecule has 0 saturated heterocycles. The van der Waals surface area contributed by atoms with E-state index in [2.05, 4.69) is 15.0 Å². The van der Waals surface area contributed by atoms with Crippen molar-refractivity contribution in [2.75, 3.05) is 0 Å². The molecule has 4 rings (SSSR count). The van der Waals surface area contributed by atoms with Crippen molar-refractivity contribution in [2.45, 2.75) is 26.4 Å². The Morgan fingerprint density at radius 2 is 1.18 bits per heavy atom. The molecule has 33 heavy (non-hydrogen) atoms. The van der Waals surface area contributed by atoms with Crippen LogP contribution in [0.25, 0.3) is 28.3 Å². The molecule has 1 aliphatic carbocycles. The summed E-state index contributed by atoms with van der Waals surface area (Å²) in [6.45, 7) is 5.61. The van der Waals surface area contributed by atoms with Gasteiger partial charge in [0, 0.05) is 17.7 Å². The lowest BCUT2D eigenvalue weighted by Gasteiger charge is -2.15. The predicted octanol–water partition coefficient (Wildman–Crippen LogP) is 4.31. The van der Waals surface area contributed by atoms with Crippen LogP contribution >= 0.6 is 0 Å². The van der Waals surface area contributed by atoms with Crippen LogP contribution in [0.3, 0.4) is 0 Å². The fourth-order valence-corrected chi connectivity index (χ4v) is 3.12. The van der Waals surface area contributed by atoms with Crippen LogP contribution in [-0.4, -0.2) is 46.1 Å². The number of benzene rings is 2. The number of aromatic hydroxyl groups is 4. The van der Waals surface area contributed by atoms with Crippen molar-refractivity contribution in [3.8, 4) is 45.8 Å². The van der Waals surface area contributed by atoms with Crippen molar-refractivity contribution < 1.29 is 25.5 Å². The summed E-state index contributed by atoms with van der Waals surface area (Å²) in [5.74, 6) is -0.339. The molecular weight excluding hydrogens is 422 g/mol. The van der Waals surface area contributed by atoms with Gasteiger partial charge in [-0.1, -0.05) is 32.1 Å². The largest absolute Gasteiger partial charge is 0.508 e. The minimum Gasteiger partial charge on any atom is -0.508 e. The fraction of sp³-hybridized carbons (Fsp3) is 0.160. The lowest BCUT2D eigenvalue weighted by molar-refractivity contribution is 0.165. The third kappa shape index (κ3) is 5.36. The van der Waals surface area contributed by atoms with Gasteiger partial charge in [0.2, 0.25) is 0 Å². The molecule has 2 aromatic carbocycles. The molecule has 0 spiro atoms. The number of phenolic OH excluding ortho intramolecular Hbond substituents is 4. The third-order valence-electron chi connectivity index (χ3n) is 4.61. The lowest BCUT2D eigenvalue weighted by Crippen LogP contribution is -2.17. The Bertz CT molecular complexity index is 1190. The second kappa shape index (κ2) is 9.54. The molecule has 1 aromatic heterocycles. The third-order valence-corrected chi connectivity index (χ3v) is 4.61. The summed E-state index contributed by atoms with van der Waals surface area (Å²) in [5.41, 5.74) is -0.266. The smallest absolute Gasteiger partial charge is 0.167 e. The average molecular weight is 447 g/mol. The molecule has 1 unspecified atom stereocenters. The second-order valence-electron chi connectivity index (χ2n) is 7.25. The molecule has 5 N–H and O–H groups in total. The molecule has 0 fully saturated rings. The van der Waals surface area contributed by atoms with Crippen LogP contribution in [-0.2, 0) is 0 Å². The highest BCUT2D eigenvalue weighted by Crippen LogP contribution is 2.35. The molecule has 0 aliphatic heterocycles. The van der Waals surface area contributed by atoms with Crippen molar-refractivity contribution >= 4 is 5.57 Å². The van der Waals surface area contributed by atoms with Crippen LogP contribution in [0.5, 0.6) is 23.0 Å². The topological polar surface area (TPSA) is 140 Å². The number of rotatable bonds is 3. The van der Waals surface area contributed by atoms with Crippen LogP contribution in [0.4, 0.5) is 0 Å². The molecule has 1 heterocycles. The first kappa shape index (κ1) is 23.5. The van der Waals surface area contributed by atoms with E-state index in [0.29, 0.717) is 5.57 Å². The average Bonchev–Trinajstić information content (AvgIpc) is 2.95. The van der Waals surface area contributed by atoms with Crippen molar-refractivity contribution in [3.05, 3.63) is 72.6 Å². The van der Waals surface area contributed by atoms with Gasteiger partial charge in [-0.25, -0.2) is 15.0 Å². The Balaban J connectivity index is 0.00000149. The monoisotopic (exact) mass is 447 g/mol. The maximum atomic E-state index is 10.5. The van der Waals surface area contributed by atoms with E-state index in [9.17, 15) is 25.5 Å². The molecule has 1 atom stereocenters. The van der Waals surface area contributed by atoms with Crippen molar-refractivity contribution in [1.29, 1.82) is 0 Å².